The van der Waals surface area contributed by atoms with Gasteiger partial charge in [0.15, 0.2) is 0 Å². The van der Waals surface area contributed by atoms with Gasteiger partial charge in [-0.2, -0.15) is 0 Å². The van der Waals surface area contributed by atoms with Crippen molar-refractivity contribution in [2.45, 2.75) is 13.2 Å². The maximum Gasteiger partial charge on any atom is 0.354 e. The highest BCUT2D eigenvalue weighted by molar-refractivity contribution is 7.09. The van der Waals surface area contributed by atoms with Gasteiger partial charge in [0.1, 0.15) is 5.69 Å². The Bertz CT molecular complexity index is 496. The number of hydrogen-bond acceptors (Lipinski definition) is 4. The number of hydrogen-bond donors (Lipinski definition) is 1. The van der Waals surface area contributed by atoms with Crippen LogP contribution in [-0.2, 0) is 18.0 Å². The van der Waals surface area contributed by atoms with Crippen LogP contribution in [0.5, 0.6) is 0 Å². The van der Waals surface area contributed by atoms with E-state index >= 15 is 0 Å². The molecule has 2 aromatic heterocycles. The minimum Gasteiger partial charge on any atom is -0.477 e. The summed E-state index contributed by atoms with van der Waals surface area (Å²) in [6.07, 6.45) is 0. The number of ether oxygens (including phenoxy) is 1. The Labute approximate surface area is 103 Å². The first kappa shape index (κ1) is 11.8. The van der Waals surface area contributed by atoms with Crippen molar-refractivity contribution < 1.29 is 14.6 Å². The molecule has 0 unspecified atom stereocenters. The van der Waals surface area contributed by atoms with Gasteiger partial charge in [-0.25, -0.2) is 9.78 Å². The highest BCUT2D eigenvalue weighted by atomic mass is 32.1. The number of carbonyl (C=O) groups is 1. The smallest absolute Gasteiger partial charge is 0.354 e. The second-order valence-electron chi connectivity index (χ2n) is 3.39. The Morgan fingerprint density at radius 2 is 2.18 bits per heavy atom. The van der Waals surface area contributed by atoms with Crippen LogP contribution in [0.25, 0.3) is 0 Å². The first-order chi connectivity index (χ1) is 8.25. The predicted molar refractivity (Wildman–Crippen MR) is 64.0 cm³/mol. The van der Waals surface area contributed by atoms with E-state index in [1.54, 1.807) is 23.5 Å². The van der Waals surface area contributed by atoms with Gasteiger partial charge in [-0.3, -0.25) is 0 Å². The molecular weight excluding hydrogens is 238 g/mol. The van der Waals surface area contributed by atoms with Crippen molar-refractivity contribution in [1.82, 2.24) is 4.98 Å². The van der Waals surface area contributed by atoms with E-state index in [1.807, 2.05) is 17.5 Å². The van der Waals surface area contributed by atoms with Crippen molar-refractivity contribution in [1.29, 1.82) is 0 Å². The molecule has 88 valence electrons. The molecule has 0 fully saturated rings. The first-order valence-corrected chi connectivity index (χ1v) is 5.93. The molecule has 0 saturated carbocycles. The molecule has 0 aromatic carbocycles. The number of carboxylic acids is 1. The van der Waals surface area contributed by atoms with Crippen LogP contribution in [-0.4, -0.2) is 16.1 Å². The fourth-order valence-electron chi connectivity index (χ4n) is 1.33. The van der Waals surface area contributed by atoms with Crippen molar-refractivity contribution in [2.75, 3.05) is 0 Å². The fourth-order valence-corrected chi connectivity index (χ4v) is 1.97. The molecule has 5 heteroatoms. The van der Waals surface area contributed by atoms with Crippen molar-refractivity contribution in [2.24, 2.45) is 0 Å². The monoisotopic (exact) mass is 249 g/mol. The summed E-state index contributed by atoms with van der Waals surface area (Å²) in [5, 5.41) is 10.8. The number of rotatable bonds is 5. The molecule has 0 saturated heterocycles. The molecular formula is C12H11NO3S. The van der Waals surface area contributed by atoms with Gasteiger partial charge in [-0.05, 0) is 23.6 Å². The van der Waals surface area contributed by atoms with Gasteiger partial charge < -0.3 is 9.84 Å². The Morgan fingerprint density at radius 1 is 1.29 bits per heavy atom. The molecule has 2 aromatic rings. The van der Waals surface area contributed by atoms with Gasteiger partial charge in [0.05, 0.1) is 18.9 Å². The highest BCUT2D eigenvalue weighted by Gasteiger charge is 2.05. The lowest BCUT2D eigenvalue weighted by Gasteiger charge is -2.03. The van der Waals surface area contributed by atoms with E-state index in [0.717, 1.165) is 4.88 Å². The van der Waals surface area contributed by atoms with Gasteiger partial charge in [-0.1, -0.05) is 12.1 Å². The lowest BCUT2D eigenvalue weighted by molar-refractivity contribution is 0.0688. The van der Waals surface area contributed by atoms with Crippen LogP contribution in [0.4, 0.5) is 0 Å². The first-order valence-electron chi connectivity index (χ1n) is 5.05. The Kier molecular flexibility index (Phi) is 3.85. The van der Waals surface area contributed by atoms with Crippen LogP contribution >= 0.6 is 11.3 Å². The van der Waals surface area contributed by atoms with Crippen LogP contribution in [0.15, 0.2) is 35.7 Å². The Balaban J connectivity index is 1.90. The van der Waals surface area contributed by atoms with E-state index in [1.165, 1.54) is 6.07 Å². The SMILES string of the molecule is O=C(O)c1cccc(COCc2cccs2)n1. The van der Waals surface area contributed by atoms with Crippen LogP contribution in [0.1, 0.15) is 21.1 Å². The fraction of sp³-hybridized carbons (Fsp3) is 0.167. The number of thiophene rings is 1. The maximum absolute atomic E-state index is 10.7. The number of carboxylic acid groups (broad SMARTS) is 1. The summed E-state index contributed by atoms with van der Waals surface area (Å²) >= 11 is 1.63. The topological polar surface area (TPSA) is 59.4 Å². The second-order valence-corrected chi connectivity index (χ2v) is 4.42. The zero-order valence-electron chi connectivity index (χ0n) is 9.00. The molecule has 0 amide bonds. The number of nitrogens with zero attached hydrogens (tertiary/aromatic N) is 1. The summed E-state index contributed by atoms with van der Waals surface area (Å²) in [6, 6.07) is 8.84. The zero-order valence-corrected chi connectivity index (χ0v) is 9.81. The highest BCUT2D eigenvalue weighted by Crippen LogP contribution is 2.11. The summed E-state index contributed by atoms with van der Waals surface area (Å²) in [4.78, 5) is 15.8. The average molecular weight is 249 g/mol. The molecule has 0 aliphatic heterocycles. The van der Waals surface area contributed by atoms with Crippen molar-refractivity contribution in [3.63, 3.8) is 0 Å². The third kappa shape index (κ3) is 3.37. The third-order valence-corrected chi connectivity index (χ3v) is 2.95. The summed E-state index contributed by atoms with van der Waals surface area (Å²) in [7, 11) is 0. The lowest BCUT2D eigenvalue weighted by atomic mass is 10.3. The van der Waals surface area contributed by atoms with Crippen LogP contribution < -0.4 is 0 Å². The zero-order chi connectivity index (χ0) is 12.1. The van der Waals surface area contributed by atoms with E-state index in [2.05, 4.69) is 4.98 Å². The van der Waals surface area contributed by atoms with Gasteiger partial charge in [-0.15, -0.1) is 11.3 Å². The third-order valence-electron chi connectivity index (χ3n) is 2.10. The van der Waals surface area contributed by atoms with Crippen LogP contribution in [0, 0.1) is 0 Å². The van der Waals surface area contributed by atoms with Crippen molar-refractivity contribution in [3.05, 3.63) is 52.0 Å². The molecule has 0 spiro atoms. The lowest BCUT2D eigenvalue weighted by Crippen LogP contribution is -2.03. The molecule has 2 heterocycles. The molecule has 17 heavy (non-hydrogen) atoms. The minimum atomic E-state index is -1.02. The summed E-state index contributed by atoms with van der Waals surface area (Å²) < 4.78 is 5.45. The second kappa shape index (κ2) is 5.56. The normalized spacial score (nSPS) is 10.4. The van der Waals surface area contributed by atoms with Gasteiger partial charge >= 0.3 is 5.97 Å². The molecule has 1 N–H and O–H groups in total. The van der Waals surface area contributed by atoms with E-state index in [4.69, 9.17) is 9.84 Å². The molecule has 0 aliphatic carbocycles. The maximum atomic E-state index is 10.7. The minimum absolute atomic E-state index is 0.0437. The molecule has 0 bridgehead atoms. The largest absolute Gasteiger partial charge is 0.477 e. The van der Waals surface area contributed by atoms with E-state index < -0.39 is 5.97 Å². The van der Waals surface area contributed by atoms with Crippen molar-refractivity contribution >= 4 is 17.3 Å². The molecule has 0 radical (unpaired) electrons. The number of aromatic nitrogens is 1. The quantitative estimate of drug-likeness (QED) is 0.884. The summed E-state index contributed by atoms with van der Waals surface area (Å²) in [5.74, 6) is -1.02. The Hall–Kier alpha value is -1.72. The van der Waals surface area contributed by atoms with E-state index in [0.29, 0.717) is 18.9 Å². The summed E-state index contributed by atoms with van der Waals surface area (Å²) in [6.45, 7) is 0.843. The van der Waals surface area contributed by atoms with Gasteiger partial charge in [0, 0.05) is 4.88 Å². The summed E-state index contributed by atoms with van der Waals surface area (Å²) in [5.41, 5.74) is 0.670. The molecule has 0 atom stereocenters. The molecule has 4 nitrogen and oxygen atoms in total. The average Bonchev–Trinajstić information content (AvgIpc) is 2.82. The van der Waals surface area contributed by atoms with Crippen LogP contribution in [0.3, 0.4) is 0 Å². The molecule has 0 aliphatic rings. The van der Waals surface area contributed by atoms with E-state index in [-0.39, 0.29) is 5.69 Å². The number of pyridine rings is 1. The predicted octanol–water partition coefficient (Wildman–Crippen LogP) is 2.56. The van der Waals surface area contributed by atoms with Crippen LogP contribution in [0.2, 0.25) is 0 Å². The number of aromatic carboxylic acids is 1. The van der Waals surface area contributed by atoms with Crippen molar-refractivity contribution in [3.8, 4) is 0 Å². The standard InChI is InChI=1S/C12H11NO3S/c14-12(15)11-5-1-3-9(13-11)7-16-8-10-4-2-6-17-10/h1-6H,7-8H2,(H,14,15). The Morgan fingerprint density at radius 3 is 2.88 bits per heavy atom. The molecule has 2 rings (SSSR count). The van der Waals surface area contributed by atoms with Gasteiger partial charge in [0.2, 0.25) is 0 Å². The van der Waals surface area contributed by atoms with E-state index in [9.17, 15) is 4.79 Å². The van der Waals surface area contributed by atoms with Gasteiger partial charge in [0.25, 0.3) is 0 Å².